The minimum Gasteiger partial charge on any atom is -0.496 e. The van der Waals surface area contributed by atoms with Gasteiger partial charge in [0, 0.05) is 5.56 Å². The van der Waals surface area contributed by atoms with Gasteiger partial charge in [0.15, 0.2) is 0 Å². The minimum atomic E-state index is -0.952. The van der Waals surface area contributed by atoms with Crippen LogP contribution in [0.2, 0.25) is 0 Å². The predicted octanol–water partition coefficient (Wildman–Crippen LogP) is 2.99. The van der Waals surface area contributed by atoms with Crippen molar-refractivity contribution in [3.8, 4) is 11.5 Å². The van der Waals surface area contributed by atoms with Crippen LogP contribution in [0.4, 0.5) is 0 Å². The van der Waals surface area contributed by atoms with Crippen molar-refractivity contribution in [2.45, 2.75) is 6.61 Å². The van der Waals surface area contributed by atoms with Crippen LogP contribution in [0.25, 0.3) is 0 Å². The highest BCUT2D eigenvalue weighted by Gasteiger charge is 2.03. The Morgan fingerprint density at radius 3 is 2.45 bits per heavy atom. The van der Waals surface area contributed by atoms with Crippen molar-refractivity contribution in [1.29, 1.82) is 0 Å². The van der Waals surface area contributed by atoms with E-state index in [0.29, 0.717) is 25.6 Å². The average molecular weight is 302 g/mol. The lowest BCUT2D eigenvalue weighted by atomic mass is 10.2. The molecule has 0 saturated heterocycles. The number of carboxylic acid groups (broad SMARTS) is 1. The first-order valence-corrected chi connectivity index (χ1v) is 6.86. The van der Waals surface area contributed by atoms with Crippen LogP contribution >= 0.6 is 0 Å². The molecule has 0 bridgehead atoms. The second kappa shape index (κ2) is 8.05. The quantitative estimate of drug-likeness (QED) is 0.759. The number of rotatable bonds is 8. The first kappa shape index (κ1) is 15.9. The highest BCUT2D eigenvalue weighted by Crippen LogP contribution is 2.18. The molecular weight excluding hydrogens is 284 g/mol. The predicted molar refractivity (Wildman–Crippen MR) is 81.5 cm³/mol. The van der Waals surface area contributed by atoms with E-state index >= 15 is 0 Å². The molecule has 5 nitrogen and oxygen atoms in total. The number of methoxy groups -OCH3 is 1. The molecule has 0 heterocycles. The Kier molecular flexibility index (Phi) is 5.80. The highest BCUT2D eigenvalue weighted by molar-refractivity contribution is 5.87. The Morgan fingerprint density at radius 2 is 1.77 bits per heavy atom. The van der Waals surface area contributed by atoms with Crippen molar-refractivity contribution in [2.24, 2.45) is 0 Å². The standard InChI is InChI=1S/C17H18O5/c1-20-16-5-3-2-4-14(16)12-21-10-11-22-15-8-6-13(7-9-15)17(18)19/h2-9H,10-12H2,1H3,(H,18,19). The number of hydrogen-bond acceptors (Lipinski definition) is 4. The Labute approximate surface area is 129 Å². The summed E-state index contributed by atoms with van der Waals surface area (Å²) in [5.41, 5.74) is 1.22. The van der Waals surface area contributed by atoms with Crippen LogP contribution in [-0.2, 0) is 11.3 Å². The fourth-order valence-corrected chi connectivity index (χ4v) is 1.92. The van der Waals surface area contributed by atoms with Crippen LogP contribution in [-0.4, -0.2) is 31.4 Å². The molecule has 0 amide bonds. The minimum absolute atomic E-state index is 0.236. The summed E-state index contributed by atoms with van der Waals surface area (Å²) in [6.07, 6.45) is 0. The number of hydrogen-bond donors (Lipinski definition) is 1. The Bertz CT molecular complexity index is 607. The Balaban J connectivity index is 1.72. The molecule has 22 heavy (non-hydrogen) atoms. The third-order valence-corrected chi connectivity index (χ3v) is 3.05. The summed E-state index contributed by atoms with van der Waals surface area (Å²) in [5, 5.41) is 8.80. The van der Waals surface area contributed by atoms with Gasteiger partial charge >= 0.3 is 5.97 Å². The van der Waals surface area contributed by atoms with E-state index in [-0.39, 0.29) is 5.56 Å². The maximum Gasteiger partial charge on any atom is 0.335 e. The van der Waals surface area contributed by atoms with E-state index in [2.05, 4.69) is 0 Å². The Hall–Kier alpha value is -2.53. The van der Waals surface area contributed by atoms with Gasteiger partial charge < -0.3 is 19.3 Å². The SMILES string of the molecule is COc1ccccc1COCCOc1ccc(C(=O)O)cc1. The van der Waals surface area contributed by atoms with Gasteiger partial charge in [-0.15, -0.1) is 0 Å². The number of carboxylic acids is 1. The molecule has 2 rings (SSSR count). The summed E-state index contributed by atoms with van der Waals surface area (Å²) in [6.45, 7) is 1.27. The summed E-state index contributed by atoms with van der Waals surface area (Å²) < 4.78 is 16.3. The van der Waals surface area contributed by atoms with Crippen LogP contribution in [0, 0.1) is 0 Å². The van der Waals surface area contributed by atoms with Gasteiger partial charge in [0.25, 0.3) is 0 Å². The van der Waals surface area contributed by atoms with Crippen molar-refractivity contribution in [3.63, 3.8) is 0 Å². The number of carbonyl (C=O) groups is 1. The normalized spacial score (nSPS) is 10.2. The van der Waals surface area contributed by atoms with E-state index in [4.69, 9.17) is 19.3 Å². The van der Waals surface area contributed by atoms with E-state index in [1.807, 2.05) is 24.3 Å². The van der Waals surface area contributed by atoms with E-state index in [0.717, 1.165) is 11.3 Å². The van der Waals surface area contributed by atoms with Crippen molar-refractivity contribution < 1.29 is 24.1 Å². The van der Waals surface area contributed by atoms with Gasteiger partial charge in [-0.1, -0.05) is 18.2 Å². The summed E-state index contributed by atoms with van der Waals surface area (Å²) in [5.74, 6) is 0.463. The molecule has 5 heteroatoms. The first-order chi connectivity index (χ1) is 10.7. The van der Waals surface area contributed by atoms with Crippen molar-refractivity contribution in [1.82, 2.24) is 0 Å². The molecule has 0 aromatic heterocycles. The lowest BCUT2D eigenvalue weighted by Crippen LogP contribution is -2.07. The van der Waals surface area contributed by atoms with Crippen LogP contribution in [0.15, 0.2) is 48.5 Å². The van der Waals surface area contributed by atoms with Gasteiger partial charge in [0.2, 0.25) is 0 Å². The van der Waals surface area contributed by atoms with Gasteiger partial charge in [-0.3, -0.25) is 0 Å². The third kappa shape index (κ3) is 4.49. The van der Waals surface area contributed by atoms with E-state index in [1.165, 1.54) is 12.1 Å². The molecule has 1 N–H and O–H groups in total. The van der Waals surface area contributed by atoms with Gasteiger partial charge in [0.05, 0.1) is 25.9 Å². The van der Waals surface area contributed by atoms with E-state index < -0.39 is 5.97 Å². The van der Waals surface area contributed by atoms with Crippen LogP contribution < -0.4 is 9.47 Å². The van der Waals surface area contributed by atoms with E-state index in [1.54, 1.807) is 19.2 Å². The van der Waals surface area contributed by atoms with Gasteiger partial charge in [-0.25, -0.2) is 4.79 Å². The summed E-state index contributed by atoms with van der Waals surface area (Å²) in [7, 11) is 1.63. The molecule has 0 unspecified atom stereocenters. The van der Waals surface area contributed by atoms with Crippen molar-refractivity contribution >= 4 is 5.97 Å². The lowest BCUT2D eigenvalue weighted by molar-refractivity contribution is 0.0696. The zero-order valence-corrected chi connectivity index (χ0v) is 12.3. The third-order valence-electron chi connectivity index (χ3n) is 3.05. The molecule has 2 aromatic carbocycles. The monoisotopic (exact) mass is 302 g/mol. The van der Waals surface area contributed by atoms with Crippen molar-refractivity contribution in [2.75, 3.05) is 20.3 Å². The smallest absolute Gasteiger partial charge is 0.335 e. The maximum atomic E-state index is 10.7. The average Bonchev–Trinajstić information content (AvgIpc) is 2.55. The number of benzene rings is 2. The van der Waals surface area contributed by atoms with E-state index in [9.17, 15) is 4.79 Å². The summed E-state index contributed by atoms with van der Waals surface area (Å²) in [4.78, 5) is 10.7. The maximum absolute atomic E-state index is 10.7. The molecule has 0 atom stereocenters. The second-order valence-corrected chi connectivity index (χ2v) is 4.54. The molecule has 0 aliphatic heterocycles. The zero-order valence-electron chi connectivity index (χ0n) is 12.3. The lowest BCUT2D eigenvalue weighted by Gasteiger charge is -2.10. The molecule has 0 fully saturated rings. The topological polar surface area (TPSA) is 65.0 Å². The molecular formula is C17H18O5. The fourth-order valence-electron chi connectivity index (χ4n) is 1.92. The van der Waals surface area contributed by atoms with Gasteiger partial charge in [0.1, 0.15) is 18.1 Å². The first-order valence-electron chi connectivity index (χ1n) is 6.86. The molecule has 0 aliphatic rings. The Morgan fingerprint density at radius 1 is 1.05 bits per heavy atom. The fraction of sp³-hybridized carbons (Fsp3) is 0.235. The largest absolute Gasteiger partial charge is 0.496 e. The van der Waals surface area contributed by atoms with Crippen LogP contribution in [0.1, 0.15) is 15.9 Å². The summed E-state index contributed by atoms with van der Waals surface area (Å²) >= 11 is 0. The number of aromatic carboxylic acids is 1. The zero-order chi connectivity index (χ0) is 15.8. The number of para-hydroxylation sites is 1. The van der Waals surface area contributed by atoms with Crippen molar-refractivity contribution in [3.05, 3.63) is 59.7 Å². The van der Waals surface area contributed by atoms with Gasteiger partial charge in [-0.05, 0) is 30.3 Å². The molecule has 2 aromatic rings. The van der Waals surface area contributed by atoms with Crippen LogP contribution in [0.5, 0.6) is 11.5 Å². The molecule has 116 valence electrons. The molecule has 0 spiro atoms. The second-order valence-electron chi connectivity index (χ2n) is 4.54. The highest BCUT2D eigenvalue weighted by atomic mass is 16.5. The number of ether oxygens (including phenoxy) is 3. The van der Waals surface area contributed by atoms with Crippen LogP contribution in [0.3, 0.4) is 0 Å². The molecule has 0 saturated carbocycles. The van der Waals surface area contributed by atoms with Gasteiger partial charge in [-0.2, -0.15) is 0 Å². The molecule has 0 aliphatic carbocycles. The molecule has 0 radical (unpaired) electrons. The summed E-state index contributed by atoms with van der Waals surface area (Å²) in [6, 6.07) is 13.9.